The highest BCUT2D eigenvalue weighted by Crippen LogP contribution is 2.40. The molecule has 0 aliphatic heterocycles. The Bertz CT molecular complexity index is 491. The first-order valence-corrected chi connectivity index (χ1v) is 9.16. The van der Waals surface area contributed by atoms with Crippen LogP contribution in [0.25, 0.3) is 0 Å². The molecule has 1 aliphatic rings. The van der Waals surface area contributed by atoms with E-state index in [1.165, 1.54) is 6.42 Å². The van der Waals surface area contributed by atoms with Crippen molar-refractivity contribution >= 4 is 17.6 Å². The molecule has 3 nitrogen and oxygen atoms in total. The zero-order valence-corrected chi connectivity index (χ0v) is 15.1. The van der Waals surface area contributed by atoms with Crippen LogP contribution >= 0.6 is 11.6 Å². The summed E-state index contributed by atoms with van der Waals surface area (Å²) in [6, 6.07) is 7.71. The van der Waals surface area contributed by atoms with Crippen molar-refractivity contribution in [1.29, 1.82) is 0 Å². The fraction of sp³-hybridized carbons (Fsp3) is 0.632. The summed E-state index contributed by atoms with van der Waals surface area (Å²) in [6.07, 6.45) is 5.10. The number of carbonyl (C=O) groups is 1. The molecule has 0 spiro atoms. The van der Waals surface area contributed by atoms with Crippen molar-refractivity contribution in [2.24, 2.45) is 0 Å². The second-order valence-corrected chi connectivity index (χ2v) is 6.75. The molecule has 0 bridgehead atoms. The maximum Gasteiger partial charge on any atom is 0.316 e. The lowest BCUT2D eigenvalue weighted by atomic mass is 9.69. The number of hydrogen-bond acceptors (Lipinski definition) is 3. The van der Waals surface area contributed by atoms with Crippen LogP contribution in [0.2, 0.25) is 5.02 Å². The van der Waals surface area contributed by atoms with Crippen molar-refractivity contribution in [1.82, 2.24) is 4.90 Å². The number of esters is 1. The summed E-state index contributed by atoms with van der Waals surface area (Å²) in [4.78, 5) is 15.2. The van der Waals surface area contributed by atoms with Gasteiger partial charge >= 0.3 is 5.97 Å². The Morgan fingerprint density at radius 3 is 2.30 bits per heavy atom. The molecule has 0 unspecified atom stereocenters. The highest BCUT2D eigenvalue weighted by molar-refractivity contribution is 6.30. The van der Waals surface area contributed by atoms with Gasteiger partial charge in [-0.2, -0.15) is 0 Å². The van der Waals surface area contributed by atoms with Crippen LogP contribution in [0.3, 0.4) is 0 Å². The third-order valence-electron chi connectivity index (χ3n) is 5.03. The molecule has 1 saturated carbocycles. The van der Waals surface area contributed by atoms with Crippen LogP contribution in [0.4, 0.5) is 0 Å². The standard InChI is InChI=1S/C19H28ClNO2/c1-3-21(4-2)14-15-23-18(22)19(12-6-5-7-13-19)16-8-10-17(20)11-9-16/h8-11H,3-7,12-15H2,1-2H3. The Hall–Kier alpha value is -1.06. The summed E-state index contributed by atoms with van der Waals surface area (Å²) >= 11 is 6.00. The first-order valence-electron chi connectivity index (χ1n) is 8.78. The van der Waals surface area contributed by atoms with Crippen LogP contribution in [0, 0.1) is 0 Å². The summed E-state index contributed by atoms with van der Waals surface area (Å²) in [7, 11) is 0. The van der Waals surface area contributed by atoms with Gasteiger partial charge in [-0.1, -0.05) is 56.8 Å². The van der Waals surface area contributed by atoms with Gasteiger partial charge in [0.05, 0.1) is 5.41 Å². The molecule has 0 N–H and O–H groups in total. The smallest absolute Gasteiger partial charge is 0.316 e. The highest BCUT2D eigenvalue weighted by atomic mass is 35.5. The van der Waals surface area contributed by atoms with E-state index in [1.807, 2.05) is 24.3 Å². The second-order valence-electron chi connectivity index (χ2n) is 6.31. The largest absolute Gasteiger partial charge is 0.464 e. The van der Waals surface area contributed by atoms with Gasteiger partial charge in [-0.25, -0.2) is 0 Å². The van der Waals surface area contributed by atoms with Gasteiger partial charge in [0.15, 0.2) is 0 Å². The van der Waals surface area contributed by atoms with E-state index in [1.54, 1.807) is 0 Å². The molecule has 1 aliphatic carbocycles. The van der Waals surface area contributed by atoms with E-state index >= 15 is 0 Å². The number of rotatable bonds is 7. The lowest BCUT2D eigenvalue weighted by Crippen LogP contribution is -2.40. The summed E-state index contributed by atoms with van der Waals surface area (Å²) in [5.74, 6) is -0.0633. The van der Waals surface area contributed by atoms with Crippen molar-refractivity contribution in [2.45, 2.75) is 51.4 Å². The Morgan fingerprint density at radius 2 is 1.74 bits per heavy atom. The molecule has 128 valence electrons. The van der Waals surface area contributed by atoms with Crippen LogP contribution in [0.15, 0.2) is 24.3 Å². The van der Waals surface area contributed by atoms with E-state index in [2.05, 4.69) is 18.7 Å². The van der Waals surface area contributed by atoms with E-state index in [0.29, 0.717) is 11.6 Å². The molecule has 0 radical (unpaired) electrons. The quantitative estimate of drug-likeness (QED) is 0.689. The van der Waals surface area contributed by atoms with Gasteiger partial charge in [-0.3, -0.25) is 4.79 Å². The number of benzene rings is 1. The van der Waals surface area contributed by atoms with E-state index in [0.717, 1.165) is 50.9 Å². The minimum Gasteiger partial charge on any atom is -0.464 e. The normalized spacial score (nSPS) is 17.2. The van der Waals surface area contributed by atoms with Crippen molar-refractivity contribution < 1.29 is 9.53 Å². The average molecular weight is 338 g/mol. The third-order valence-corrected chi connectivity index (χ3v) is 5.28. The SMILES string of the molecule is CCN(CC)CCOC(=O)C1(c2ccc(Cl)cc2)CCCCC1. The highest BCUT2D eigenvalue weighted by Gasteiger charge is 2.42. The fourth-order valence-electron chi connectivity index (χ4n) is 3.48. The molecule has 0 amide bonds. The van der Waals surface area contributed by atoms with Crippen LogP contribution in [-0.4, -0.2) is 37.1 Å². The van der Waals surface area contributed by atoms with Crippen molar-refractivity contribution in [3.8, 4) is 0 Å². The van der Waals surface area contributed by atoms with Gasteiger partial charge in [0.25, 0.3) is 0 Å². The first-order chi connectivity index (χ1) is 11.1. The topological polar surface area (TPSA) is 29.5 Å². The molecule has 0 atom stereocenters. The minimum absolute atomic E-state index is 0.0633. The Morgan fingerprint density at radius 1 is 1.13 bits per heavy atom. The number of ether oxygens (including phenoxy) is 1. The van der Waals surface area contributed by atoms with E-state index in [4.69, 9.17) is 16.3 Å². The molecule has 23 heavy (non-hydrogen) atoms. The molecule has 0 aromatic heterocycles. The van der Waals surface area contributed by atoms with Crippen molar-refractivity contribution in [2.75, 3.05) is 26.2 Å². The number of carbonyl (C=O) groups excluding carboxylic acids is 1. The molecule has 4 heteroatoms. The molecular weight excluding hydrogens is 310 g/mol. The fourth-order valence-corrected chi connectivity index (χ4v) is 3.61. The van der Waals surface area contributed by atoms with Gasteiger partial charge < -0.3 is 9.64 Å². The first kappa shape index (κ1) is 18.3. The molecule has 1 fully saturated rings. The molecule has 1 aromatic rings. The number of nitrogens with zero attached hydrogens (tertiary/aromatic N) is 1. The van der Waals surface area contributed by atoms with Gasteiger partial charge in [-0.05, 0) is 43.6 Å². The van der Waals surface area contributed by atoms with Crippen molar-refractivity contribution in [3.63, 3.8) is 0 Å². The van der Waals surface area contributed by atoms with Crippen LogP contribution in [0.5, 0.6) is 0 Å². The lowest BCUT2D eigenvalue weighted by molar-refractivity contribution is -0.152. The summed E-state index contributed by atoms with van der Waals surface area (Å²) in [5.41, 5.74) is 0.570. The van der Waals surface area contributed by atoms with E-state index < -0.39 is 5.41 Å². The van der Waals surface area contributed by atoms with Gasteiger partial charge in [0.1, 0.15) is 6.61 Å². The number of likely N-dealkylation sites (N-methyl/N-ethyl adjacent to an activating group) is 1. The van der Waals surface area contributed by atoms with E-state index in [-0.39, 0.29) is 5.97 Å². The summed E-state index contributed by atoms with van der Waals surface area (Å²) in [6.45, 7) is 7.49. The number of hydrogen-bond donors (Lipinski definition) is 0. The maximum atomic E-state index is 12.9. The molecule has 2 rings (SSSR count). The second kappa shape index (κ2) is 8.70. The molecule has 1 aromatic carbocycles. The zero-order valence-electron chi connectivity index (χ0n) is 14.3. The Kier molecular flexibility index (Phi) is 6.91. The van der Waals surface area contributed by atoms with Crippen molar-refractivity contribution in [3.05, 3.63) is 34.9 Å². The van der Waals surface area contributed by atoms with Gasteiger partial charge in [0, 0.05) is 11.6 Å². The Labute approximate surface area is 145 Å². The minimum atomic E-state index is -0.480. The summed E-state index contributed by atoms with van der Waals surface area (Å²) in [5, 5.41) is 0.703. The Balaban J connectivity index is 2.08. The third kappa shape index (κ3) is 4.48. The maximum absolute atomic E-state index is 12.9. The van der Waals surface area contributed by atoms with Gasteiger partial charge in [0.2, 0.25) is 0 Å². The molecular formula is C19H28ClNO2. The van der Waals surface area contributed by atoms with Gasteiger partial charge in [-0.15, -0.1) is 0 Å². The average Bonchev–Trinajstić information content (AvgIpc) is 2.59. The predicted molar refractivity (Wildman–Crippen MR) is 95.0 cm³/mol. The predicted octanol–water partition coefficient (Wildman–Crippen LogP) is 4.43. The monoisotopic (exact) mass is 337 g/mol. The summed E-state index contributed by atoms with van der Waals surface area (Å²) < 4.78 is 5.69. The van der Waals surface area contributed by atoms with Crippen LogP contribution in [-0.2, 0) is 14.9 Å². The molecule has 0 saturated heterocycles. The molecule has 0 heterocycles. The van der Waals surface area contributed by atoms with E-state index in [9.17, 15) is 4.79 Å². The van der Waals surface area contributed by atoms with Crippen LogP contribution in [0.1, 0.15) is 51.5 Å². The lowest BCUT2D eigenvalue weighted by Gasteiger charge is -2.35. The van der Waals surface area contributed by atoms with Crippen LogP contribution < -0.4 is 0 Å². The zero-order chi connectivity index (χ0) is 16.7. The number of halogens is 1.